The van der Waals surface area contributed by atoms with E-state index in [9.17, 15) is 9.18 Å². The molecule has 1 aliphatic carbocycles. The summed E-state index contributed by atoms with van der Waals surface area (Å²) in [6.07, 6.45) is 1.71. The summed E-state index contributed by atoms with van der Waals surface area (Å²) in [6, 6.07) is 6.68. The van der Waals surface area contributed by atoms with Gasteiger partial charge in [0.2, 0.25) is 5.91 Å². The first kappa shape index (κ1) is 14.0. The van der Waals surface area contributed by atoms with Crippen LogP contribution in [0.5, 0.6) is 0 Å². The zero-order valence-corrected chi connectivity index (χ0v) is 11.5. The van der Waals surface area contributed by atoms with Gasteiger partial charge in [0.05, 0.1) is 5.41 Å². The third-order valence-corrected chi connectivity index (χ3v) is 4.02. The van der Waals surface area contributed by atoms with E-state index in [1.54, 1.807) is 12.1 Å². The van der Waals surface area contributed by atoms with E-state index in [1.165, 1.54) is 6.07 Å². The maximum atomic E-state index is 13.8. The van der Waals surface area contributed by atoms with Crippen molar-refractivity contribution in [1.29, 1.82) is 0 Å². The van der Waals surface area contributed by atoms with Crippen LogP contribution in [-0.2, 0) is 10.2 Å². The molecule has 1 saturated carbocycles. The fourth-order valence-electron chi connectivity index (χ4n) is 2.27. The quantitative estimate of drug-likeness (QED) is 0.854. The van der Waals surface area contributed by atoms with Crippen LogP contribution in [0, 0.1) is 11.2 Å². The van der Waals surface area contributed by atoms with E-state index in [4.69, 9.17) is 5.73 Å². The molecular formula is C15H21FN2O. The molecule has 1 fully saturated rings. The van der Waals surface area contributed by atoms with Crippen molar-refractivity contribution in [2.24, 2.45) is 11.1 Å². The number of nitrogens with one attached hydrogen (secondary N) is 1. The fourth-order valence-corrected chi connectivity index (χ4v) is 2.27. The third-order valence-electron chi connectivity index (χ3n) is 4.02. The molecule has 0 saturated heterocycles. The van der Waals surface area contributed by atoms with Crippen LogP contribution in [0.4, 0.5) is 4.39 Å². The van der Waals surface area contributed by atoms with Gasteiger partial charge in [-0.2, -0.15) is 0 Å². The molecule has 0 radical (unpaired) electrons. The molecule has 0 bridgehead atoms. The molecule has 2 rings (SSSR count). The standard InChI is InChI=1S/C15H21FN2O/c1-14(2,11-5-3-4-6-12(11)16)10-18-13(19)15(9-17)7-8-15/h3-6H,7-10,17H2,1-2H3,(H,18,19). The summed E-state index contributed by atoms with van der Waals surface area (Å²) in [7, 11) is 0. The molecule has 0 spiro atoms. The summed E-state index contributed by atoms with van der Waals surface area (Å²) < 4.78 is 13.8. The Hall–Kier alpha value is -1.42. The van der Waals surface area contributed by atoms with E-state index in [1.807, 2.05) is 19.9 Å². The van der Waals surface area contributed by atoms with Crippen LogP contribution in [0.15, 0.2) is 24.3 Å². The lowest BCUT2D eigenvalue weighted by atomic mass is 9.84. The Bertz CT molecular complexity index is 481. The molecule has 1 aromatic rings. The lowest BCUT2D eigenvalue weighted by molar-refractivity contribution is -0.126. The van der Waals surface area contributed by atoms with Gasteiger partial charge in [-0.15, -0.1) is 0 Å². The first-order chi connectivity index (χ1) is 8.91. The number of rotatable bonds is 5. The lowest BCUT2D eigenvalue weighted by Crippen LogP contribution is -2.42. The minimum atomic E-state index is -0.439. The van der Waals surface area contributed by atoms with Crippen LogP contribution in [0.2, 0.25) is 0 Å². The molecular weight excluding hydrogens is 243 g/mol. The summed E-state index contributed by atoms with van der Waals surface area (Å²) in [4.78, 5) is 12.0. The van der Waals surface area contributed by atoms with Crippen molar-refractivity contribution in [3.63, 3.8) is 0 Å². The monoisotopic (exact) mass is 264 g/mol. The van der Waals surface area contributed by atoms with E-state index in [-0.39, 0.29) is 17.1 Å². The molecule has 3 nitrogen and oxygen atoms in total. The Morgan fingerprint density at radius 2 is 2.05 bits per heavy atom. The second kappa shape index (κ2) is 4.93. The molecule has 1 aromatic carbocycles. The molecule has 4 heteroatoms. The number of halogens is 1. The first-order valence-electron chi connectivity index (χ1n) is 6.65. The normalized spacial score (nSPS) is 17.1. The van der Waals surface area contributed by atoms with Crippen molar-refractivity contribution in [2.45, 2.75) is 32.1 Å². The van der Waals surface area contributed by atoms with Gasteiger partial charge in [-0.3, -0.25) is 4.79 Å². The van der Waals surface area contributed by atoms with E-state index >= 15 is 0 Å². The van der Waals surface area contributed by atoms with Crippen LogP contribution in [-0.4, -0.2) is 19.0 Å². The number of benzene rings is 1. The Balaban J connectivity index is 2.02. The fraction of sp³-hybridized carbons (Fsp3) is 0.533. The first-order valence-corrected chi connectivity index (χ1v) is 6.65. The van der Waals surface area contributed by atoms with Gasteiger partial charge in [-0.05, 0) is 24.5 Å². The number of hydrogen-bond donors (Lipinski definition) is 2. The Kier molecular flexibility index (Phi) is 3.63. The highest BCUT2D eigenvalue weighted by Gasteiger charge is 2.48. The molecule has 1 amide bonds. The number of nitrogens with two attached hydrogens (primary N) is 1. The molecule has 1 aliphatic rings. The Labute approximate surface area is 113 Å². The highest BCUT2D eigenvalue weighted by Crippen LogP contribution is 2.44. The Morgan fingerprint density at radius 3 is 2.58 bits per heavy atom. The maximum Gasteiger partial charge on any atom is 0.227 e. The van der Waals surface area contributed by atoms with Gasteiger partial charge in [-0.25, -0.2) is 4.39 Å². The summed E-state index contributed by atoms with van der Waals surface area (Å²) in [5.41, 5.74) is 5.45. The molecule has 19 heavy (non-hydrogen) atoms. The van der Waals surface area contributed by atoms with Crippen LogP contribution in [0.3, 0.4) is 0 Å². The summed E-state index contributed by atoms with van der Waals surface area (Å²) in [6.45, 7) is 4.65. The van der Waals surface area contributed by atoms with Gasteiger partial charge in [0, 0.05) is 18.5 Å². The van der Waals surface area contributed by atoms with Gasteiger partial charge >= 0.3 is 0 Å². The van der Waals surface area contributed by atoms with Crippen LogP contribution < -0.4 is 11.1 Å². The second-order valence-corrected chi connectivity index (χ2v) is 6.03. The Morgan fingerprint density at radius 1 is 1.42 bits per heavy atom. The molecule has 104 valence electrons. The van der Waals surface area contributed by atoms with Crippen molar-refractivity contribution < 1.29 is 9.18 Å². The van der Waals surface area contributed by atoms with E-state index < -0.39 is 5.41 Å². The van der Waals surface area contributed by atoms with Crippen molar-refractivity contribution >= 4 is 5.91 Å². The predicted octanol–water partition coefficient (Wildman–Crippen LogP) is 1.96. The van der Waals surface area contributed by atoms with Gasteiger partial charge in [0.15, 0.2) is 0 Å². The molecule has 0 aromatic heterocycles. The molecule has 3 N–H and O–H groups in total. The van der Waals surface area contributed by atoms with Crippen molar-refractivity contribution in [1.82, 2.24) is 5.32 Å². The highest BCUT2D eigenvalue weighted by atomic mass is 19.1. The summed E-state index contributed by atoms with van der Waals surface area (Å²) in [5.74, 6) is -0.235. The second-order valence-electron chi connectivity index (χ2n) is 6.03. The third kappa shape index (κ3) is 2.78. The molecule has 0 unspecified atom stereocenters. The number of carbonyl (C=O) groups excluding carboxylic acids is 1. The number of hydrogen-bond acceptors (Lipinski definition) is 2. The van der Waals surface area contributed by atoms with Crippen LogP contribution >= 0.6 is 0 Å². The lowest BCUT2D eigenvalue weighted by Gasteiger charge is -2.27. The minimum Gasteiger partial charge on any atom is -0.355 e. The number of carbonyl (C=O) groups is 1. The molecule has 0 heterocycles. The van der Waals surface area contributed by atoms with Gasteiger partial charge < -0.3 is 11.1 Å². The molecule has 0 atom stereocenters. The van der Waals surface area contributed by atoms with Crippen LogP contribution in [0.1, 0.15) is 32.3 Å². The van der Waals surface area contributed by atoms with Crippen molar-refractivity contribution in [2.75, 3.05) is 13.1 Å². The smallest absolute Gasteiger partial charge is 0.227 e. The van der Waals surface area contributed by atoms with Gasteiger partial charge in [0.25, 0.3) is 0 Å². The van der Waals surface area contributed by atoms with Crippen LogP contribution in [0.25, 0.3) is 0 Å². The molecule has 0 aliphatic heterocycles. The highest BCUT2D eigenvalue weighted by molar-refractivity contribution is 5.85. The zero-order chi connectivity index (χ0) is 14.1. The summed E-state index contributed by atoms with van der Waals surface area (Å²) >= 11 is 0. The predicted molar refractivity (Wildman–Crippen MR) is 73.2 cm³/mol. The average molecular weight is 264 g/mol. The topological polar surface area (TPSA) is 55.1 Å². The average Bonchev–Trinajstić information content (AvgIpc) is 3.17. The van der Waals surface area contributed by atoms with E-state index in [2.05, 4.69) is 5.32 Å². The van der Waals surface area contributed by atoms with Crippen molar-refractivity contribution in [3.8, 4) is 0 Å². The minimum absolute atomic E-state index is 0.000542. The SMILES string of the molecule is CC(C)(CNC(=O)C1(CN)CC1)c1ccccc1F. The zero-order valence-electron chi connectivity index (χ0n) is 11.5. The van der Waals surface area contributed by atoms with E-state index in [0.29, 0.717) is 18.7 Å². The van der Waals surface area contributed by atoms with Crippen molar-refractivity contribution in [3.05, 3.63) is 35.6 Å². The van der Waals surface area contributed by atoms with E-state index in [0.717, 1.165) is 12.8 Å². The van der Waals surface area contributed by atoms with Gasteiger partial charge in [0.1, 0.15) is 5.82 Å². The number of amides is 1. The van der Waals surface area contributed by atoms with Gasteiger partial charge in [-0.1, -0.05) is 32.0 Å². The summed E-state index contributed by atoms with van der Waals surface area (Å²) in [5, 5.41) is 2.92. The largest absolute Gasteiger partial charge is 0.355 e. The maximum absolute atomic E-state index is 13.8.